The number of rotatable bonds is 6. The van der Waals surface area contributed by atoms with Crippen molar-refractivity contribution in [2.75, 3.05) is 6.61 Å². The smallest absolute Gasteiger partial charge is 0.220 e. The number of azo groups is 1. The second-order valence-corrected chi connectivity index (χ2v) is 6.54. The molecule has 0 saturated carbocycles. The molecule has 0 spiro atoms. The highest BCUT2D eigenvalue weighted by atomic mass is 16.5. The normalized spacial score (nSPS) is 11.3. The predicted octanol–water partition coefficient (Wildman–Crippen LogP) is 6.15. The van der Waals surface area contributed by atoms with E-state index in [4.69, 9.17) is 4.74 Å². The molecular formula is C23H21N3O2. The molecule has 0 saturated heterocycles. The van der Waals surface area contributed by atoms with Crippen molar-refractivity contribution < 1.29 is 9.84 Å². The van der Waals surface area contributed by atoms with E-state index < -0.39 is 0 Å². The van der Waals surface area contributed by atoms with E-state index in [-0.39, 0.29) is 5.88 Å². The maximum Gasteiger partial charge on any atom is 0.220 e. The van der Waals surface area contributed by atoms with Crippen LogP contribution in [0.2, 0.25) is 0 Å². The maximum absolute atomic E-state index is 10.8. The largest absolute Gasteiger partial charge is 0.493 e. The predicted molar refractivity (Wildman–Crippen MR) is 111 cm³/mol. The zero-order valence-corrected chi connectivity index (χ0v) is 15.6. The summed E-state index contributed by atoms with van der Waals surface area (Å²) >= 11 is 0. The van der Waals surface area contributed by atoms with Crippen LogP contribution in [0, 0.1) is 6.92 Å². The van der Waals surface area contributed by atoms with Gasteiger partial charge in [0.15, 0.2) is 5.69 Å². The van der Waals surface area contributed by atoms with Gasteiger partial charge in [-0.2, -0.15) is 5.11 Å². The fraction of sp³-hybridized carbons (Fsp3) is 0.130. The van der Waals surface area contributed by atoms with E-state index in [9.17, 15) is 5.11 Å². The van der Waals surface area contributed by atoms with Crippen LogP contribution in [-0.4, -0.2) is 16.3 Å². The Morgan fingerprint density at radius 2 is 1.68 bits per heavy atom. The Labute approximate surface area is 163 Å². The molecule has 5 nitrogen and oxygen atoms in total. The summed E-state index contributed by atoms with van der Waals surface area (Å²) in [5.74, 6) is 0.911. The Morgan fingerprint density at radius 1 is 0.893 bits per heavy atom. The molecule has 140 valence electrons. The first-order valence-electron chi connectivity index (χ1n) is 9.19. The van der Waals surface area contributed by atoms with Crippen molar-refractivity contribution in [2.24, 2.45) is 10.2 Å². The third-order valence-corrected chi connectivity index (χ3v) is 4.51. The van der Waals surface area contributed by atoms with Gasteiger partial charge in [-0.3, -0.25) is 0 Å². The number of hydrogen-bond donors (Lipinski definition) is 1. The van der Waals surface area contributed by atoms with Gasteiger partial charge in [0, 0.05) is 5.39 Å². The molecule has 28 heavy (non-hydrogen) atoms. The Balaban J connectivity index is 1.60. The Kier molecular flexibility index (Phi) is 5.06. The minimum atomic E-state index is 0.0914. The van der Waals surface area contributed by atoms with Gasteiger partial charge in [0.1, 0.15) is 12.4 Å². The molecule has 0 aliphatic rings. The van der Waals surface area contributed by atoms with Crippen LogP contribution in [0.25, 0.3) is 10.9 Å². The van der Waals surface area contributed by atoms with E-state index >= 15 is 0 Å². The van der Waals surface area contributed by atoms with Crippen LogP contribution in [0.4, 0.5) is 11.4 Å². The number of fused-ring (bicyclic) bond motifs is 1. The second-order valence-electron chi connectivity index (χ2n) is 6.54. The average molecular weight is 371 g/mol. The van der Waals surface area contributed by atoms with Crippen molar-refractivity contribution in [3.63, 3.8) is 0 Å². The lowest BCUT2D eigenvalue weighted by Gasteiger charge is -2.09. The van der Waals surface area contributed by atoms with Gasteiger partial charge in [0.25, 0.3) is 0 Å². The van der Waals surface area contributed by atoms with Gasteiger partial charge in [-0.25, -0.2) is 0 Å². The fourth-order valence-corrected chi connectivity index (χ4v) is 3.16. The van der Waals surface area contributed by atoms with Gasteiger partial charge in [0.2, 0.25) is 5.88 Å². The molecule has 0 amide bonds. The van der Waals surface area contributed by atoms with Crippen molar-refractivity contribution in [3.05, 3.63) is 84.4 Å². The first kappa shape index (κ1) is 17.8. The first-order chi connectivity index (χ1) is 13.7. The van der Waals surface area contributed by atoms with E-state index in [1.165, 1.54) is 0 Å². The van der Waals surface area contributed by atoms with E-state index in [2.05, 4.69) is 10.2 Å². The number of nitrogens with zero attached hydrogens (tertiary/aromatic N) is 3. The topological polar surface area (TPSA) is 59.1 Å². The number of aromatic hydroxyl groups is 1. The summed E-state index contributed by atoms with van der Waals surface area (Å²) in [6, 6.07) is 25.2. The van der Waals surface area contributed by atoms with Crippen molar-refractivity contribution in [1.82, 2.24) is 4.57 Å². The van der Waals surface area contributed by atoms with Gasteiger partial charge >= 0.3 is 0 Å². The number of hydrogen-bond acceptors (Lipinski definition) is 4. The number of aryl methyl sites for hydroxylation is 1. The van der Waals surface area contributed by atoms with Gasteiger partial charge < -0.3 is 14.4 Å². The number of para-hydroxylation sites is 1. The van der Waals surface area contributed by atoms with Crippen LogP contribution in [0.1, 0.15) is 5.56 Å². The monoisotopic (exact) mass is 371 g/mol. The molecular weight excluding hydrogens is 350 g/mol. The van der Waals surface area contributed by atoms with Crippen LogP contribution in [0.15, 0.2) is 89.1 Å². The summed E-state index contributed by atoms with van der Waals surface area (Å²) < 4.78 is 7.66. The minimum Gasteiger partial charge on any atom is -0.493 e. The van der Waals surface area contributed by atoms with E-state index in [1.54, 1.807) is 0 Å². The Morgan fingerprint density at radius 3 is 2.50 bits per heavy atom. The molecule has 4 rings (SSSR count). The third kappa shape index (κ3) is 3.74. The van der Waals surface area contributed by atoms with Crippen molar-refractivity contribution in [1.29, 1.82) is 0 Å². The van der Waals surface area contributed by atoms with Crippen molar-refractivity contribution in [2.45, 2.75) is 13.5 Å². The molecule has 5 heteroatoms. The number of benzene rings is 3. The summed E-state index contributed by atoms with van der Waals surface area (Å²) in [6.07, 6.45) is 0. The van der Waals surface area contributed by atoms with Gasteiger partial charge in [-0.1, -0.05) is 48.5 Å². The summed E-state index contributed by atoms with van der Waals surface area (Å²) in [6.45, 7) is 2.97. The first-order valence-corrected chi connectivity index (χ1v) is 9.19. The standard InChI is InChI=1S/C23H21N3O2/c1-17-8-7-11-19(16-17)28-15-14-26-21-13-6-5-12-20(21)22(23(26)27)25-24-18-9-3-2-4-10-18/h2-13,16,27H,14-15H2,1H3. The molecule has 0 atom stereocenters. The van der Waals surface area contributed by atoms with Gasteiger partial charge in [-0.15, -0.1) is 5.11 Å². The number of aromatic nitrogens is 1. The Hall–Kier alpha value is -3.60. The van der Waals surface area contributed by atoms with Gasteiger partial charge in [-0.05, 0) is 42.8 Å². The number of ether oxygens (including phenoxy) is 1. The molecule has 1 heterocycles. The molecule has 0 fully saturated rings. The lowest BCUT2D eigenvalue weighted by atomic mass is 10.2. The van der Waals surface area contributed by atoms with E-state index in [0.29, 0.717) is 18.8 Å². The average Bonchev–Trinajstić information content (AvgIpc) is 2.99. The van der Waals surface area contributed by atoms with Crippen LogP contribution >= 0.6 is 0 Å². The highest BCUT2D eigenvalue weighted by molar-refractivity contribution is 5.95. The molecule has 0 aliphatic carbocycles. The fourth-order valence-electron chi connectivity index (χ4n) is 3.16. The lowest BCUT2D eigenvalue weighted by Crippen LogP contribution is -2.07. The highest BCUT2D eigenvalue weighted by Gasteiger charge is 2.16. The molecule has 0 radical (unpaired) electrons. The summed E-state index contributed by atoms with van der Waals surface area (Å²) in [4.78, 5) is 0. The lowest BCUT2D eigenvalue weighted by molar-refractivity contribution is 0.290. The molecule has 3 aromatic carbocycles. The maximum atomic E-state index is 10.8. The summed E-state index contributed by atoms with van der Waals surface area (Å²) in [5.41, 5.74) is 3.25. The second kappa shape index (κ2) is 7.96. The molecule has 1 N–H and O–H groups in total. The Bertz CT molecular complexity index is 1120. The summed E-state index contributed by atoms with van der Waals surface area (Å²) in [5, 5.41) is 20.2. The molecule has 0 bridgehead atoms. The van der Waals surface area contributed by atoms with Crippen LogP contribution in [0.3, 0.4) is 0 Å². The zero-order chi connectivity index (χ0) is 19.3. The molecule has 1 aromatic heterocycles. The van der Waals surface area contributed by atoms with Crippen LogP contribution in [0.5, 0.6) is 11.6 Å². The van der Waals surface area contributed by atoms with Crippen LogP contribution in [-0.2, 0) is 6.54 Å². The van der Waals surface area contributed by atoms with Crippen LogP contribution < -0.4 is 4.74 Å². The quantitative estimate of drug-likeness (QED) is 0.413. The van der Waals surface area contributed by atoms with Crippen molar-refractivity contribution in [3.8, 4) is 11.6 Å². The molecule has 0 aliphatic heterocycles. The SMILES string of the molecule is Cc1cccc(OCCn2c(O)c(N=Nc3ccccc3)c3ccccc32)c1. The minimum absolute atomic E-state index is 0.0914. The highest BCUT2D eigenvalue weighted by Crippen LogP contribution is 2.39. The van der Waals surface area contributed by atoms with E-state index in [0.717, 1.165) is 27.9 Å². The molecule has 4 aromatic rings. The summed E-state index contributed by atoms with van der Waals surface area (Å²) in [7, 11) is 0. The van der Waals surface area contributed by atoms with Gasteiger partial charge in [0.05, 0.1) is 17.7 Å². The zero-order valence-electron chi connectivity index (χ0n) is 15.6. The van der Waals surface area contributed by atoms with E-state index in [1.807, 2.05) is 90.4 Å². The third-order valence-electron chi connectivity index (χ3n) is 4.51. The molecule has 0 unspecified atom stereocenters. The van der Waals surface area contributed by atoms with Crippen molar-refractivity contribution >= 4 is 22.3 Å².